The summed E-state index contributed by atoms with van der Waals surface area (Å²) in [6, 6.07) is 9.12. The van der Waals surface area contributed by atoms with Gasteiger partial charge >= 0.3 is 5.69 Å². The Morgan fingerprint density at radius 1 is 1.05 bits per heavy atom. The first-order chi connectivity index (χ1) is 10.4. The fourth-order valence-electron chi connectivity index (χ4n) is 2.51. The molecule has 2 heterocycles. The third-order valence-electron chi connectivity index (χ3n) is 3.77. The Kier molecular flexibility index (Phi) is 3.37. The van der Waals surface area contributed by atoms with Crippen LogP contribution in [0.15, 0.2) is 39.9 Å². The number of aromatic nitrogens is 3. The molecule has 0 saturated heterocycles. The maximum Gasteiger partial charge on any atom is 0.332 e. The van der Waals surface area contributed by atoms with Crippen LogP contribution in [-0.2, 0) is 14.1 Å². The van der Waals surface area contributed by atoms with Crippen LogP contribution in [0.25, 0.3) is 22.2 Å². The van der Waals surface area contributed by atoms with Crippen molar-refractivity contribution in [1.82, 2.24) is 14.1 Å². The second kappa shape index (κ2) is 5.10. The molecule has 0 unspecified atom stereocenters. The summed E-state index contributed by atoms with van der Waals surface area (Å²) in [5.41, 5.74) is 2.18. The molecule has 0 aliphatic rings. The quantitative estimate of drug-likeness (QED) is 0.692. The predicted molar refractivity (Wildman–Crippen MR) is 87.4 cm³/mol. The molecule has 0 N–H and O–H groups in total. The van der Waals surface area contributed by atoms with E-state index in [1.165, 1.54) is 11.6 Å². The second-order valence-corrected chi connectivity index (χ2v) is 5.64. The van der Waals surface area contributed by atoms with Crippen molar-refractivity contribution in [2.45, 2.75) is 6.92 Å². The van der Waals surface area contributed by atoms with Gasteiger partial charge in [-0.3, -0.25) is 13.9 Å². The first-order valence-electron chi connectivity index (χ1n) is 6.73. The monoisotopic (exact) mass is 315 g/mol. The SMILES string of the molecule is Cc1nc2c(cc1-c1ccc(Cl)cc1)c(=O)n(C)c(=O)n2C. The van der Waals surface area contributed by atoms with Crippen LogP contribution in [0, 0.1) is 6.92 Å². The van der Waals surface area contributed by atoms with Gasteiger partial charge in [-0.2, -0.15) is 0 Å². The van der Waals surface area contributed by atoms with Gasteiger partial charge in [-0.1, -0.05) is 23.7 Å². The molecule has 22 heavy (non-hydrogen) atoms. The highest BCUT2D eigenvalue weighted by atomic mass is 35.5. The average molecular weight is 316 g/mol. The van der Waals surface area contributed by atoms with Crippen molar-refractivity contribution in [3.05, 3.63) is 61.9 Å². The van der Waals surface area contributed by atoms with E-state index in [2.05, 4.69) is 4.98 Å². The van der Waals surface area contributed by atoms with E-state index in [1.807, 2.05) is 19.1 Å². The molecule has 2 aromatic heterocycles. The molecule has 0 amide bonds. The van der Waals surface area contributed by atoms with Crippen LogP contribution in [0.5, 0.6) is 0 Å². The molecular formula is C16H14ClN3O2. The fourth-order valence-corrected chi connectivity index (χ4v) is 2.64. The number of rotatable bonds is 1. The summed E-state index contributed by atoms with van der Waals surface area (Å²) < 4.78 is 2.47. The highest BCUT2D eigenvalue weighted by Gasteiger charge is 2.13. The molecule has 0 saturated carbocycles. The van der Waals surface area contributed by atoms with Crippen molar-refractivity contribution in [1.29, 1.82) is 0 Å². The maximum atomic E-state index is 12.3. The van der Waals surface area contributed by atoms with Gasteiger partial charge in [0.1, 0.15) is 5.65 Å². The van der Waals surface area contributed by atoms with Crippen LogP contribution in [0.3, 0.4) is 0 Å². The smallest absolute Gasteiger partial charge is 0.280 e. The number of pyridine rings is 1. The standard InChI is InChI=1S/C16H14ClN3O2/c1-9-12(10-4-6-11(17)7-5-10)8-13-14(18-9)19(2)16(22)20(3)15(13)21/h4-8H,1-3H3. The molecule has 5 nitrogen and oxygen atoms in total. The number of hydrogen-bond acceptors (Lipinski definition) is 3. The zero-order valence-electron chi connectivity index (χ0n) is 12.4. The Morgan fingerprint density at radius 3 is 2.32 bits per heavy atom. The maximum absolute atomic E-state index is 12.3. The van der Waals surface area contributed by atoms with E-state index in [-0.39, 0.29) is 11.2 Å². The first-order valence-corrected chi connectivity index (χ1v) is 7.11. The van der Waals surface area contributed by atoms with Gasteiger partial charge in [-0.15, -0.1) is 0 Å². The molecule has 0 radical (unpaired) electrons. The van der Waals surface area contributed by atoms with Gasteiger partial charge in [0.25, 0.3) is 5.56 Å². The molecule has 1 aromatic carbocycles. The summed E-state index contributed by atoms with van der Waals surface area (Å²) in [5.74, 6) is 0. The molecule has 0 spiro atoms. The minimum atomic E-state index is -0.386. The Bertz CT molecular complexity index is 1000. The minimum Gasteiger partial charge on any atom is -0.280 e. The molecular weight excluding hydrogens is 302 g/mol. The van der Waals surface area contributed by atoms with Crippen LogP contribution in [0.1, 0.15) is 5.69 Å². The number of hydrogen-bond donors (Lipinski definition) is 0. The van der Waals surface area contributed by atoms with E-state index in [0.717, 1.165) is 21.4 Å². The van der Waals surface area contributed by atoms with Gasteiger partial charge in [0, 0.05) is 30.4 Å². The molecule has 3 rings (SSSR count). The zero-order valence-corrected chi connectivity index (χ0v) is 13.2. The Hall–Kier alpha value is -2.40. The zero-order chi connectivity index (χ0) is 16.0. The molecule has 0 bridgehead atoms. The summed E-state index contributed by atoms with van der Waals surface area (Å²) in [7, 11) is 3.07. The second-order valence-electron chi connectivity index (χ2n) is 5.21. The van der Waals surface area contributed by atoms with E-state index in [4.69, 9.17) is 11.6 Å². The number of benzene rings is 1. The van der Waals surface area contributed by atoms with E-state index in [9.17, 15) is 9.59 Å². The van der Waals surface area contributed by atoms with E-state index in [1.54, 1.807) is 25.2 Å². The minimum absolute atomic E-state index is 0.346. The first kappa shape index (κ1) is 14.5. The van der Waals surface area contributed by atoms with Crippen LogP contribution in [0.2, 0.25) is 5.02 Å². The lowest BCUT2D eigenvalue weighted by Gasteiger charge is -2.11. The summed E-state index contributed by atoms with van der Waals surface area (Å²) >= 11 is 5.91. The van der Waals surface area contributed by atoms with Crippen LogP contribution in [0.4, 0.5) is 0 Å². The van der Waals surface area contributed by atoms with Crippen molar-refractivity contribution in [2.24, 2.45) is 14.1 Å². The topological polar surface area (TPSA) is 56.9 Å². The van der Waals surface area contributed by atoms with Crippen molar-refractivity contribution < 1.29 is 0 Å². The van der Waals surface area contributed by atoms with Crippen molar-refractivity contribution in [2.75, 3.05) is 0 Å². The van der Waals surface area contributed by atoms with Gasteiger partial charge in [0.05, 0.1) is 5.39 Å². The molecule has 0 atom stereocenters. The molecule has 112 valence electrons. The largest absolute Gasteiger partial charge is 0.332 e. The molecule has 6 heteroatoms. The van der Waals surface area contributed by atoms with Crippen molar-refractivity contribution in [3.8, 4) is 11.1 Å². The van der Waals surface area contributed by atoms with Gasteiger partial charge in [-0.25, -0.2) is 9.78 Å². The van der Waals surface area contributed by atoms with E-state index >= 15 is 0 Å². The highest BCUT2D eigenvalue weighted by Crippen LogP contribution is 2.25. The molecule has 0 fully saturated rings. The van der Waals surface area contributed by atoms with Crippen LogP contribution < -0.4 is 11.2 Å². The van der Waals surface area contributed by atoms with Gasteiger partial charge in [0.15, 0.2) is 0 Å². The van der Waals surface area contributed by atoms with Gasteiger partial charge in [0.2, 0.25) is 0 Å². The number of halogens is 1. The lowest BCUT2D eigenvalue weighted by atomic mass is 10.0. The molecule has 0 aliphatic heterocycles. The normalized spacial score (nSPS) is 11.1. The number of aryl methyl sites for hydroxylation is 2. The Morgan fingerprint density at radius 2 is 1.68 bits per heavy atom. The summed E-state index contributed by atoms with van der Waals surface area (Å²) in [6.07, 6.45) is 0. The number of nitrogens with zero attached hydrogens (tertiary/aromatic N) is 3. The van der Waals surface area contributed by atoms with Crippen LogP contribution in [-0.4, -0.2) is 14.1 Å². The predicted octanol–water partition coefficient (Wildman–Crippen LogP) is 2.26. The molecule has 0 aliphatic carbocycles. The third-order valence-corrected chi connectivity index (χ3v) is 4.03. The Labute approximate surface area is 131 Å². The fraction of sp³-hybridized carbons (Fsp3) is 0.188. The lowest BCUT2D eigenvalue weighted by Crippen LogP contribution is -2.37. The van der Waals surface area contributed by atoms with E-state index < -0.39 is 0 Å². The van der Waals surface area contributed by atoms with Gasteiger partial charge in [-0.05, 0) is 30.7 Å². The average Bonchev–Trinajstić information content (AvgIpc) is 2.51. The summed E-state index contributed by atoms with van der Waals surface area (Å²) in [4.78, 5) is 28.8. The van der Waals surface area contributed by atoms with Crippen molar-refractivity contribution >= 4 is 22.6 Å². The van der Waals surface area contributed by atoms with Gasteiger partial charge < -0.3 is 0 Å². The molecule has 3 aromatic rings. The Balaban J connectivity index is 2.40. The van der Waals surface area contributed by atoms with Crippen LogP contribution >= 0.6 is 11.6 Å². The third kappa shape index (κ3) is 2.14. The number of fused-ring (bicyclic) bond motifs is 1. The highest BCUT2D eigenvalue weighted by molar-refractivity contribution is 6.30. The van der Waals surface area contributed by atoms with E-state index in [0.29, 0.717) is 16.1 Å². The lowest BCUT2D eigenvalue weighted by molar-refractivity contribution is 0.707. The van der Waals surface area contributed by atoms with Crippen molar-refractivity contribution in [3.63, 3.8) is 0 Å². The summed E-state index contributed by atoms with van der Waals surface area (Å²) in [6.45, 7) is 1.85. The summed E-state index contributed by atoms with van der Waals surface area (Å²) in [5, 5.41) is 1.06.